The Bertz CT molecular complexity index is 646. The summed E-state index contributed by atoms with van der Waals surface area (Å²) in [5.74, 6) is 0. The van der Waals surface area contributed by atoms with Gasteiger partial charge in [-0.1, -0.05) is 11.6 Å². The van der Waals surface area contributed by atoms with Crippen LogP contribution in [0.25, 0.3) is 0 Å². The van der Waals surface area contributed by atoms with Gasteiger partial charge in [-0.3, -0.25) is 0 Å². The zero-order chi connectivity index (χ0) is 16.2. The molecule has 1 aliphatic heterocycles. The highest BCUT2D eigenvalue weighted by molar-refractivity contribution is 7.89. The summed E-state index contributed by atoms with van der Waals surface area (Å²) in [5, 5.41) is 6.63. The number of ether oxygens (including phenoxy) is 1. The molecule has 2 rings (SSSR count). The summed E-state index contributed by atoms with van der Waals surface area (Å²) in [7, 11) is -3.56. The molecule has 0 aromatic heterocycles. The predicted octanol–water partition coefficient (Wildman–Crippen LogP) is 1.67. The van der Waals surface area contributed by atoms with Crippen LogP contribution < -0.4 is 10.6 Å². The number of anilines is 1. The van der Waals surface area contributed by atoms with Gasteiger partial charge in [0.05, 0.1) is 28.8 Å². The van der Waals surface area contributed by atoms with E-state index in [0.717, 1.165) is 0 Å². The number of hydrogen-bond acceptors (Lipinski definition) is 4. The van der Waals surface area contributed by atoms with Gasteiger partial charge in [-0.15, -0.1) is 0 Å². The van der Waals surface area contributed by atoms with Crippen molar-refractivity contribution in [1.82, 2.24) is 9.62 Å². The number of rotatable bonds is 4. The molecule has 0 amide bonds. The second-order valence-electron chi connectivity index (χ2n) is 4.64. The molecule has 122 valence electrons. The molecule has 0 aliphatic carbocycles. The number of thiocarbonyl (C=S) groups is 1. The van der Waals surface area contributed by atoms with Crippen molar-refractivity contribution in [3.8, 4) is 0 Å². The lowest BCUT2D eigenvalue weighted by Crippen LogP contribution is -2.40. The molecule has 22 heavy (non-hydrogen) atoms. The standard InChI is InChI=1S/C13H18ClN3O3S2/c1-2-15-13(21)16-12-9-10(3-4-11(12)14)22(18,19)17-5-7-20-8-6-17/h3-4,9H,2,5-8H2,1H3,(H2,15,16,21). The van der Waals surface area contributed by atoms with Gasteiger partial charge < -0.3 is 15.4 Å². The van der Waals surface area contributed by atoms with E-state index >= 15 is 0 Å². The largest absolute Gasteiger partial charge is 0.379 e. The molecule has 0 atom stereocenters. The van der Waals surface area contributed by atoms with Gasteiger partial charge in [-0.25, -0.2) is 8.42 Å². The highest BCUT2D eigenvalue weighted by Crippen LogP contribution is 2.27. The molecule has 0 spiro atoms. The van der Waals surface area contributed by atoms with Crippen molar-refractivity contribution in [2.75, 3.05) is 38.2 Å². The fourth-order valence-electron chi connectivity index (χ4n) is 2.02. The molecule has 1 aromatic rings. The van der Waals surface area contributed by atoms with Crippen LogP contribution in [0.15, 0.2) is 23.1 Å². The number of morpholine rings is 1. The summed E-state index contributed by atoms with van der Waals surface area (Å²) >= 11 is 11.2. The highest BCUT2D eigenvalue weighted by Gasteiger charge is 2.26. The smallest absolute Gasteiger partial charge is 0.243 e. The molecule has 0 bridgehead atoms. The number of hydrogen-bond donors (Lipinski definition) is 2. The Balaban J connectivity index is 2.26. The van der Waals surface area contributed by atoms with Crippen molar-refractivity contribution in [3.05, 3.63) is 23.2 Å². The Morgan fingerprint density at radius 1 is 1.41 bits per heavy atom. The van der Waals surface area contributed by atoms with Crippen LogP contribution in [0, 0.1) is 0 Å². The van der Waals surface area contributed by atoms with Gasteiger partial charge in [-0.05, 0) is 37.3 Å². The van der Waals surface area contributed by atoms with Gasteiger partial charge in [0.15, 0.2) is 5.11 Å². The van der Waals surface area contributed by atoms with E-state index in [1.54, 1.807) is 6.07 Å². The van der Waals surface area contributed by atoms with E-state index in [9.17, 15) is 8.42 Å². The van der Waals surface area contributed by atoms with Crippen LogP contribution in [0.4, 0.5) is 5.69 Å². The summed E-state index contributed by atoms with van der Waals surface area (Å²) in [6.45, 7) is 4.09. The first-order valence-electron chi connectivity index (χ1n) is 6.87. The molecule has 1 aliphatic rings. The molecular formula is C13H18ClN3O3S2. The molecule has 6 nitrogen and oxygen atoms in total. The van der Waals surface area contributed by atoms with Crippen LogP contribution in [-0.4, -0.2) is 50.7 Å². The molecule has 1 fully saturated rings. The van der Waals surface area contributed by atoms with E-state index in [-0.39, 0.29) is 4.90 Å². The molecule has 1 heterocycles. The lowest BCUT2D eigenvalue weighted by atomic mass is 10.3. The number of halogens is 1. The number of nitrogens with zero attached hydrogens (tertiary/aromatic N) is 1. The van der Waals surface area contributed by atoms with Crippen LogP contribution >= 0.6 is 23.8 Å². The third-order valence-corrected chi connectivity index (χ3v) is 5.60. The minimum absolute atomic E-state index is 0.181. The monoisotopic (exact) mass is 363 g/mol. The average Bonchev–Trinajstić information content (AvgIpc) is 2.50. The minimum Gasteiger partial charge on any atom is -0.379 e. The normalized spacial score (nSPS) is 16.3. The van der Waals surface area contributed by atoms with Crippen LogP contribution in [0.3, 0.4) is 0 Å². The van der Waals surface area contributed by atoms with Gasteiger partial charge in [0.25, 0.3) is 0 Å². The first-order valence-corrected chi connectivity index (χ1v) is 9.10. The first kappa shape index (κ1) is 17.4. The summed E-state index contributed by atoms with van der Waals surface area (Å²) < 4.78 is 31.8. The molecule has 0 radical (unpaired) electrons. The fourth-order valence-corrected chi connectivity index (χ4v) is 3.88. The second-order valence-corrected chi connectivity index (χ2v) is 7.40. The lowest BCUT2D eigenvalue weighted by molar-refractivity contribution is 0.0730. The molecule has 9 heteroatoms. The van der Waals surface area contributed by atoms with E-state index in [0.29, 0.717) is 48.7 Å². The topological polar surface area (TPSA) is 70.7 Å². The second kappa shape index (κ2) is 7.56. The van der Waals surface area contributed by atoms with Crippen molar-refractivity contribution >= 4 is 44.6 Å². The van der Waals surface area contributed by atoms with Gasteiger partial charge in [0.2, 0.25) is 10.0 Å². The summed E-state index contributed by atoms with van der Waals surface area (Å²) in [6.07, 6.45) is 0. The highest BCUT2D eigenvalue weighted by atomic mass is 35.5. The van der Waals surface area contributed by atoms with E-state index in [4.69, 9.17) is 28.6 Å². The fraction of sp³-hybridized carbons (Fsp3) is 0.462. The maximum absolute atomic E-state index is 12.6. The number of nitrogens with one attached hydrogen (secondary N) is 2. The Hall–Kier alpha value is -0.930. The summed E-state index contributed by atoms with van der Waals surface area (Å²) in [5.41, 5.74) is 0.460. The zero-order valence-corrected chi connectivity index (χ0v) is 14.5. The maximum atomic E-state index is 12.6. The summed E-state index contributed by atoms with van der Waals surface area (Å²) in [6, 6.07) is 4.54. The Kier molecular flexibility index (Phi) is 5.99. The Morgan fingerprint density at radius 3 is 2.73 bits per heavy atom. The van der Waals surface area contributed by atoms with Gasteiger partial charge in [0, 0.05) is 19.6 Å². The van der Waals surface area contributed by atoms with Crippen molar-refractivity contribution in [2.45, 2.75) is 11.8 Å². The van der Waals surface area contributed by atoms with Crippen LogP contribution in [0.2, 0.25) is 5.02 Å². The van der Waals surface area contributed by atoms with Crippen molar-refractivity contribution in [2.24, 2.45) is 0 Å². The Morgan fingerprint density at radius 2 is 2.09 bits per heavy atom. The molecule has 1 saturated heterocycles. The first-order chi connectivity index (χ1) is 10.4. The van der Waals surface area contributed by atoms with Gasteiger partial charge >= 0.3 is 0 Å². The molecule has 1 aromatic carbocycles. The minimum atomic E-state index is -3.56. The molecule has 2 N–H and O–H groups in total. The number of sulfonamides is 1. The van der Waals surface area contributed by atoms with E-state index in [2.05, 4.69) is 10.6 Å². The van der Waals surface area contributed by atoms with Gasteiger partial charge in [-0.2, -0.15) is 4.31 Å². The van der Waals surface area contributed by atoms with E-state index < -0.39 is 10.0 Å². The van der Waals surface area contributed by atoms with E-state index in [1.807, 2.05) is 6.92 Å². The van der Waals surface area contributed by atoms with Crippen molar-refractivity contribution < 1.29 is 13.2 Å². The third kappa shape index (κ3) is 4.08. The maximum Gasteiger partial charge on any atom is 0.243 e. The predicted molar refractivity (Wildman–Crippen MR) is 90.9 cm³/mol. The Labute approximate surface area is 140 Å². The third-order valence-electron chi connectivity index (χ3n) is 3.13. The van der Waals surface area contributed by atoms with Crippen LogP contribution in [0.5, 0.6) is 0 Å². The number of benzene rings is 1. The molecular weight excluding hydrogens is 346 g/mol. The summed E-state index contributed by atoms with van der Waals surface area (Å²) in [4.78, 5) is 0.181. The van der Waals surface area contributed by atoms with Gasteiger partial charge in [0.1, 0.15) is 0 Å². The quantitative estimate of drug-likeness (QED) is 0.793. The van der Waals surface area contributed by atoms with Crippen LogP contribution in [0.1, 0.15) is 6.92 Å². The SMILES string of the molecule is CCNC(=S)Nc1cc(S(=O)(=O)N2CCOCC2)ccc1Cl. The lowest BCUT2D eigenvalue weighted by Gasteiger charge is -2.26. The van der Waals surface area contributed by atoms with Crippen LogP contribution in [-0.2, 0) is 14.8 Å². The van der Waals surface area contributed by atoms with Crippen molar-refractivity contribution in [3.63, 3.8) is 0 Å². The van der Waals surface area contributed by atoms with Crippen molar-refractivity contribution in [1.29, 1.82) is 0 Å². The van der Waals surface area contributed by atoms with E-state index in [1.165, 1.54) is 16.4 Å². The molecule has 0 saturated carbocycles. The average molecular weight is 364 g/mol. The zero-order valence-electron chi connectivity index (χ0n) is 12.1. The molecule has 0 unspecified atom stereocenters.